The largest absolute Gasteiger partial charge is 0.365 e. The predicted octanol–water partition coefficient (Wildman–Crippen LogP) is 2.78. The smallest absolute Gasteiger partial charge is 0.261 e. The molecule has 0 aromatic carbocycles. The summed E-state index contributed by atoms with van der Waals surface area (Å²) in [5.74, 6) is -0.859. The molecule has 0 saturated carbocycles. The predicted molar refractivity (Wildman–Crippen MR) is 98.1 cm³/mol. The lowest BCUT2D eigenvalue weighted by atomic mass is 9.95. The minimum atomic E-state index is -0.503. The topological polar surface area (TPSA) is 102 Å². The van der Waals surface area contributed by atoms with Crippen molar-refractivity contribution in [3.8, 4) is 0 Å². The molecule has 0 radical (unpaired) electrons. The Hall–Kier alpha value is -2.26. The fourth-order valence-corrected chi connectivity index (χ4v) is 4.68. The molecular formula is C16H14BrN5O2S. The van der Waals surface area contributed by atoms with Gasteiger partial charge in [0.05, 0.1) is 16.2 Å². The van der Waals surface area contributed by atoms with Crippen LogP contribution < -0.4 is 11.1 Å². The van der Waals surface area contributed by atoms with Gasteiger partial charge in [-0.2, -0.15) is 5.10 Å². The van der Waals surface area contributed by atoms with Crippen LogP contribution in [0.25, 0.3) is 5.65 Å². The lowest BCUT2D eigenvalue weighted by Crippen LogP contribution is -2.18. The van der Waals surface area contributed by atoms with E-state index in [1.165, 1.54) is 22.0 Å². The number of fused-ring (bicyclic) bond motifs is 2. The summed E-state index contributed by atoms with van der Waals surface area (Å²) in [5.41, 5.74) is 7.79. The van der Waals surface area contributed by atoms with E-state index in [2.05, 4.69) is 31.3 Å². The summed E-state index contributed by atoms with van der Waals surface area (Å²) in [5, 5.41) is 7.49. The molecule has 7 nitrogen and oxygen atoms in total. The van der Waals surface area contributed by atoms with Crippen molar-refractivity contribution >= 4 is 49.7 Å². The first kappa shape index (κ1) is 16.2. The third kappa shape index (κ3) is 2.83. The molecule has 3 heterocycles. The van der Waals surface area contributed by atoms with Crippen LogP contribution in [0.15, 0.2) is 23.1 Å². The highest BCUT2D eigenvalue weighted by Crippen LogP contribution is 2.38. The number of primary amides is 1. The van der Waals surface area contributed by atoms with Crippen LogP contribution >= 0.6 is 27.3 Å². The van der Waals surface area contributed by atoms with Gasteiger partial charge in [-0.3, -0.25) is 9.59 Å². The number of anilines is 1. The number of nitrogens with one attached hydrogen (secondary N) is 1. The van der Waals surface area contributed by atoms with Crippen molar-refractivity contribution in [2.24, 2.45) is 5.73 Å². The average Bonchev–Trinajstić information content (AvgIpc) is 3.14. The van der Waals surface area contributed by atoms with Crippen LogP contribution in [0.3, 0.4) is 0 Å². The maximum absolute atomic E-state index is 12.7. The average molecular weight is 420 g/mol. The first-order valence-corrected chi connectivity index (χ1v) is 9.40. The number of carbonyl (C=O) groups is 2. The first-order chi connectivity index (χ1) is 12.0. The zero-order valence-corrected chi connectivity index (χ0v) is 15.5. The maximum Gasteiger partial charge on any atom is 0.261 e. The number of thiophene rings is 1. The van der Waals surface area contributed by atoms with Gasteiger partial charge in [0, 0.05) is 17.3 Å². The Morgan fingerprint density at radius 1 is 1.28 bits per heavy atom. The highest BCUT2D eigenvalue weighted by atomic mass is 79.9. The van der Waals surface area contributed by atoms with Gasteiger partial charge in [-0.25, -0.2) is 9.50 Å². The lowest BCUT2D eigenvalue weighted by molar-refractivity contribution is 0.100. The highest BCUT2D eigenvalue weighted by Gasteiger charge is 2.26. The zero-order valence-electron chi connectivity index (χ0n) is 13.1. The Bertz CT molecular complexity index is 1010. The van der Waals surface area contributed by atoms with Gasteiger partial charge in [0.1, 0.15) is 10.6 Å². The third-order valence-corrected chi connectivity index (χ3v) is 5.83. The number of nitrogens with two attached hydrogens (primary N) is 1. The zero-order chi connectivity index (χ0) is 17.6. The van der Waals surface area contributed by atoms with Gasteiger partial charge in [0.15, 0.2) is 5.65 Å². The second-order valence-electron chi connectivity index (χ2n) is 5.83. The first-order valence-electron chi connectivity index (χ1n) is 7.79. The minimum absolute atomic E-state index is 0.342. The van der Waals surface area contributed by atoms with Crippen molar-refractivity contribution < 1.29 is 9.59 Å². The van der Waals surface area contributed by atoms with Gasteiger partial charge in [-0.1, -0.05) is 0 Å². The van der Waals surface area contributed by atoms with E-state index < -0.39 is 5.91 Å². The van der Waals surface area contributed by atoms with E-state index in [0.29, 0.717) is 21.8 Å². The molecule has 3 aromatic rings. The summed E-state index contributed by atoms with van der Waals surface area (Å²) in [4.78, 5) is 30.0. The maximum atomic E-state index is 12.7. The summed E-state index contributed by atoms with van der Waals surface area (Å²) in [6.07, 6.45) is 8.65. The van der Waals surface area contributed by atoms with Crippen molar-refractivity contribution in [3.63, 3.8) is 0 Å². The summed E-state index contributed by atoms with van der Waals surface area (Å²) in [7, 11) is 0. The fourth-order valence-electron chi connectivity index (χ4n) is 3.10. The van der Waals surface area contributed by atoms with Crippen LogP contribution in [0, 0.1) is 0 Å². The van der Waals surface area contributed by atoms with E-state index >= 15 is 0 Å². The molecular weight excluding hydrogens is 406 g/mol. The number of nitrogens with zero attached hydrogens (tertiary/aromatic N) is 3. The van der Waals surface area contributed by atoms with Crippen molar-refractivity contribution in [3.05, 3.63) is 44.6 Å². The summed E-state index contributed by atoms with van der Waals surface area (Å²) in [6, 6.07) is 0. The van der Waals surface area contributed by atoms with Crippen LogP contribution in [0.1, 0.15) is 44.0 Å². The standard InChI is InChI=1S/C16H14BrN5O2S/c17-8-5-19-14-10(6-20-22(14)7-8)15(24)21-16-12(13(18)23)9-3-1-2-4-11(9)25-16/h5-7H,1-4H2,(H2,18,23)(H,21,24). The Morgan fingerprint density at radius 3 is 2.88 bits per heavy atom. The van der Waals surface area contributed by atoms with E-state index in [9.17, 15) is 9.59 Å². The normalized spacial score (nSPS) is 13.6. The number of aryl methyl sites for hydroxylation is 1. The van der Waals surface area contributed by atoms with Gasteiger partial charge in [0.25, 0.3) is 11.8 Å². The monoisotopic (exact) mass is 419 g/mol. The number of carbonyl (C=O) groups excluding carboxylic acids is 2. The Balaban J connectivity index is 1.71. The van der Waals surface area contributed by atoms with Gasteiger partial charge in [-0.05, 0) is 47.2 Å². The van der Waals surface area contributed by atoms with Crippen LogP contribution in [-0.2, 0) is 12.8 Å². The van der Waals surface area contributed by atoms with Gasteiger partial charge in [0.2, 0.25) is 0 Å². The molecule has 128 valence electrons. The molecule has 2 amide bonds. The van der Waals surface area contributed by atoms with E-state index in [1.54, 1.807) is 12.4 Å². The molecule has 0 fully saturated rings. The Kier molecular flexibility index (Phi) is 4.04. The molecule has 9 heteroatoms. The summed E-state index contributed by atoms with van der Waals surface area (Å²) in [6.45, 7) is 0. The van der Waals surface area contributed by atoms with Gasteiger partial charge < -0.3 is 11.1 Å². The molecule has 0 spiro atoms. The number of amides is 2. The molecule has 0 saturated heterocycles. The van der Waals surface area contributed by atoms with Crippen molar-refractivity contribution in [2.75, 3.05) is 5.32 Å². The molecule has 25 heavy (non-hydrogen) atoms. The number of rotatable bonds is 3. The fraction of sp³-hybridized carbons (Fsp3) is 0.250. The van der Waals surface area contributed by atoms with Crippen LogP contribution in [0.5, 0.6) is 0 Å². The molecule has 1 aliphatic carbocycles. The third-order valence-electron chi connectivity index (χ3n) is 4.21. The van der Waals surface area contributed by atoms with Crippen LogP contribution in [-0.4, -0.2) is 26.4 Å². The van der Waals surface area contributed by atoms with Crippen molar-refractivity contribution in [1.82, 2.24) is 14.6 Å². The highest BCUT2D eigenvalue weighted by molar-refractivity contribution is 9.10. The molecule has 3 N–H and O–H groups in total. The SMILES string of the molecule is NC(=O)c1c(NC(=O)c2cnn3cc(Br)cnc23)sc2c1CCCC2. The quantitative estimate of drug-likeness (QED) is 0.680. The number of aromatic nitrogens is 3. The van der Waals surface area contributed by atoms with Gasteiger partial charge in [-0.15, -0.1) is 11.3 Å². The Morgan fingerprint density at radius 2 is 2.08 bits per heavy atom. The molecule has 0 aliphatic heterocycles. The van der Waals surface area contributed by atoms with E-state index in [-0.39, 0.29) is 5.91 Å². The number of hydrogen-bond acceptors (Lipinski definition) is 5. The Labute approximate surface area is 155 Å². The van der Waals surface area contributed by atoms with Gasteiger partial charge >= 0.3 is 0 Å². The lowest BCUT2D eigenvalue weighted by Gasteiger charge is -2.11. The van der Waals surface area contributed by atoms with E-state index in [1.807, 2.05) is 0 Å². The molecule has 0 bridgehead atoms. The summed E-state index contributed by atoms with van der Waals surface area (Å²) < 4.78 is 2.28. The molecule has 1 aliphatic rings. The second kappa shape index (κ2) is 6.23. The number of halogens is 1. The second-order valence-corrected chi connectivity index (χ2v) is 7.85. The molecule has 0 atom stereocenters. The van der Waals surface area contributed by atoms with Crippen molar-refractivity contribution in [1.29, 1.82) is 0 Å². The van der Waals surface area contributed by atoms with Crippen LogP contribution in [0.2, 0.25) is 0 Å². The van der Waals surface area contributed by atoms with E-state index in [0.717, 1.165) is 40.6 Å². The minimum Gasteiger partial charge on any atom is -0.365 e. The molecule has 0 unspecified atom stereocenters. The molecule has 4 rings (SSSR count). The molecule has 3 aromatic heterocycles. The van der Waals surface area contributed by atoms with Crippen molar-refractivity contribution in [2.45, 2.75) is 25.7 Å². The van der Waals surface area contributed by atoms with E-state index in [4.69, 9.17) is 5.73 Å². The van der Waals surface area contributed by atoms with Crippen LogP contribution in [0.4, 0.5) is 5.00 Å². The summed E-state index contributed by atoms with van der Waals surface area (Å²) >= 11 is 4.75. The number of hydrogen-bond donors (Lipinski definition) is 2.